The SMILES string of the molecule is O=C(C1COCCN1)N1CCCN(S(=O)(=O)c2ccccc2)CC1. The summed E-state index contributed by atoms with van der Waals surface area (Å²) in [4.78, 5) is 14.6. The molecule has 1 N–H and O–H groups in total. The van der Waals surface area contributed by atoms with E-state index in [0.29, 0.717) is 57.3 Å². The molecule has 1 amide bonds. The van der Waals surface area contributed by atoms with Crippen LogP contribution in [-0.2, 0) is 19.6 Å². The van der Waals surface area contributed by atoms with Gasteiger partial charge in [0.05, 0.1) is 18.1 Å². The number of morpholine rings is 1. The Balaban J connectivity index is 1.65. The Labute approximate surface area is 142 Å². The molecule has 2 fully saturated rings. The standard InChI is InChI=1S/C16H23N3O4S/c20-16(15-13-23-12-7-17-15)18-8-4-9-19(11-10-18)24(21,22)14-5-2-1-3-6-14/h1-3,5-6,15,17H,4,7-13H2. The third-order valence-corrected chi connectivity index (χ3v) is 6.28. The minimum absolute atomic E-state index is 0.00587. The number of benzene rings is 1. The van der Waals surface area contributed by atoms with Gasteiger partial charge in [-0.05, 0) is 18.6 Å². The topological polar surface area (TPSA) is 79.0 Å². The van der Waals surface area contributed by atoms with E-state index in [0.717, 1.165) is 0 Å². The molecule has 1 atom stereocenters. The summed E-state index contributed by atoms with van der Waals surface area (Å²) in [7, 11) is -3.50. The molecule has 7 nitrogen and oxygen atoms in total. The van der Waals surface area contributed by atoms with Gasteiger partial charge in [0.2, 0.25) is 15.9 Å². The Kier molecular flexibility index (Phi) is 5.50. The van der Waals surface area contributed by atoms with E-state index in [4.69, 9.17) is 4.74 Å². The zero-order valence-corrected chi connectivity index (χ0v) is 14.4. The number of ether oxygens (including phenoxy) is 1. The molecule has 1 unspecified atom stereocenters. The minimum Gasteiger partial charge on any atom is -0.378 e. The van der Waals surface area contributed by atoms with E-state index in [2.05, 4.69) is 5.32 Å². The maximum atomic E-state index is 12.7. The summed E-state index contributed by atoms with van der Waals surface area (Å²) in [5.41, 5.74) is 0. The molecule has 2 aliphatic heterocycles. The molecular weight excluding hydrogens is 330 g/mol. The molecule has 0 aliphatic carbocycles. The van der Waals surface area contributed by atoms with Crippen molar-refractivity contribution in [3.63, 3.8) is 0 Å². The normalized spacial score (nSPS) is 23.7. The van der Waals surface area contributed by atoms with Crippen LogP contribution in [0.5, 0.6) is 0 Å². The van der Waals surface area contributed by atoms with Gasteiger partial charge >= 0.3 is 0 Å². The first-order valence-electron chi connectivity index (χ1n) is 8.24. The van der Waals surface area contributed by atoms with Crippen molar-refractivity contribution in [2.75, 3.05) is 45.9 Å². The van der Waals surface area contributed by atoms with Gasteiger partial charge in [0.1, 0.15) is 6.04 Å². The number of hydrogen-bond donors (Lipinski definition) is 1. The Morgan fingerprint density at radius 2 is 1.92 bits per heavy atom. The fraction of sp³-hybridized carbons (Fsp3) is 0.562. The second-order valence-electron chi connectivity index (χ2n) is 5.98. The van der Waals surface area contributed by atoms with Crippen molar-refractivity contribution >= 4 is 15.9 Å². The van der Waals surface area contributed by atoms with Crippen LogP contribution in [0.4, 0.5) is 0 Å². The maximum absolute atomic E-state index is 12.7. The summed E-state index contributed by atoms with van der Waals surface area (Å²) >= 11 is 0. The summed E-state index contributed by atoms with van der Waals surface area (Å²) in [5.74, 6) is -0.00587. The number of nitrogens with one attached hydrogen (secondary N) is 1. The summed E-state index contributed by atoms with van der Waals surface area (Å²) in [6, 6.07) is 8.11. The molecule has 2 saturated heterocycles. The van der Waals surface area contributed by atoms with Gasteiger partial charge in [0.15, 0.2) is 0 Å². The van der Waals surface area contributed by atoms with Gasteiger partial charge in [-0.1, -0.05) is 18.2 Å². The fourth-order valence-electron chi connectivity index (χ4n) is 3.04. The quantitative estimate of drug-likeness (QED) is 0.821. The van der Waals surface area contributed by atoms with Crippen LogP contribution in [-0.4, -0.2) is 75.5 Å². The Bertz CT molecular complexity index is 659. The second-order valence-corrected chi connectivity index (χ2v) is 7.92. The summed E-state index contributed by atoms with van der Waals surface area (Å²) in [6.45, 7) is 3.38. The number of sulfonamides is 1. The number of carbonyl (C=O) groups excluding carboxylic acids is 1. The number of rotatable bonds is 3. The number of amides is 1. The molecule has 2 heterocycles. The molecule has 1 aromatic rings. The van der Waals surface area contributed by atoms with Gasteiger partial charge in [0.25, 0.3) is 0 Å². The molecule has 2 aliphatic rings. The van der Waals surface area contributed by atoms with E-state index in [-0.39, 0.29) is 11.9 Å². The molecule has 0 spiro atoms. The molecule has 3 rings (SSSR count). The molecule has 24 heavy (non-hydrogen) atoms. The zero-order chi connectivity index (χ0) is 17.0. The minimum atomic E-state index is -3.50. The van der Waals surface area contributed by atoms with Gasteiger partial charge in [-0.2, -0.15) is 4.31 Å². The molecule has 8 heteroatoms. The smallest absolute Gasteiger partial charge is 0.243 e. The van der Waals surface area contributed by atoms with E-state index in [1.54, 1.807) is 35.2 Å². The van der Waals surface area contributed by atoms with E-state index in [1.165, 1.54) is 4.31 Å². The molecule has 0 saturated carbocycles. The highest BCUT2D eigenvalue weighted by molar-refractivity contribution is 7.89. The van der Waals surface area contributed by atoms with Crippen LogP contribution in [0.15, 0.2) is 35.2 Å². The number of hydrogen-bond acceptors (Lipinski definition) is 5. The van der Waals surface area contributed by atoms with Crippen molar-refractivity contribution in [3.05, 3.63) is 30.3 Å². The highest BCUT2D eigenvalue weighted by Gasteiger charge is 2.31. The average Bonchev–Trinajstić information content (AvgIpc) is 2.89. The molecule has 1 aromatic carbocycles. The molecule has 0 aromatic heterocycles. The predicted molar refractivity (Wildman–Crippen MR) is 89.0 cm³/mol. The average molecular weight is 353 g/mol. The van der Waals surface area contributed by atoms with E-state index in [1.807, 2.05) is 0 Å². The fourth-order valence-corrected chi connectivity index (χ4v) is 4.53. The van der Waals surface area contributed by atoms with Gasteiger partial charge in [0, 0.05) is 32.7 Å². The van der Waals surface area contributed by atoms with Gasteiger partial charge in [-0.25, -0.2) is 8.42 Å². The van der Waals surface area contributed by atoms with Gasteiger partial charge in [-0.3, -0.25) is 4.79 Å². The van der Waals surface area contributed by atoms with Crippen molar-refractivity contribution < 1.29 is 17.9 Å². The maximum Gasteiger partial charge on any atom is 0.243 e. The van der Waals surface area contributed by atoms with Crippen LogP contribution in [0, 0.1) is 0 Å². The van der Waals surface area contributed by atoms with Crippen LogP contribution < -0.4 is 5.32 Å². The molecule has 0 radical (unpaired) electrons. The second kappa shape index (κ2) is 7.60. The summed E-state index contributed by atoms with van der Waals surface area (Å²) in [5, 5.41) is 3.16. The van der Waals surface area contributed by atoms with Crippen molar-refractivity contribution in [1.29, 1.82) is 0 Å². The third-order valence-electron chi connectivity index (χ3n) is 4.37. The Morgan fingerprint density at radius 3 is 2.62 bits per heavy atom. The lowest BCUT2D eigenvalue weighted by molar-refractivity contribution is -0.136. The lowest BCUT2D eigenvalue weighted by Crippen LogP contribution is -2.53. The van der Waals surface area contributed by atoms with E-state index in [9.17, 15) is 13.2 Å². The number of nitrogens with zero attached hydrogens (tertiary/aromatic N) is 2. The van der Waals surface area contributed by atoms with Crippen LogP contribution >= 0.6 is 0 Å². The van der Waals surface area contributed by atoms with Crippen LogP contribution in [0.25, 0.3) is 0 Å². The first-order chi connectivity index (χ1) is 11.6. The largest absolute Gasteiger partial charge is 0.378 e. The third kappa shape index (κ3) is 3.77. The first kappa shape index (κ1) is 17.3. The van der Waals surface area contributed by atoms with E-state index < -0.39 is 10.0 Å². The zero-order valence-electron chi connectivity index (χ0n) is 13.6. The van der Waals surface area contributed by atoms with Crippen LogP contribution in [0.2, 0.25) is 0 Å². The highest BCUT2D eigenvalue weighted by Crippen LogP contribution is 2.17. The summed E-state index contributed by atoms with van der Waals surface area (Å²) in [6.07, 6.45) is 0.630. The first-order valence-corrected chi connectivity index (χ1v) is 9.68. The van der Waals surface area contributed by atoms with Crippen molar-refractivity contribution in [2.45, 2.75) is 17.4 Å². The number of carbonyl (C=O) groups is 1. The van der Waals surface area contributed by atoms with Crippen LogP contribution in [0.3, 0.4) is 0 Å². The van der Waals surface area contributed by atoms with E-state index >= 15 is 0 Å². The summed E-state index contributed by atoms with van der Waals surface area (Å²) < 4.78 is 32.2. The van der Waals surface area contributed by atoms with Crippen molar-refractivity contribution in [3.8, 4) is 0 Å². The molecular formula is C16H23N3O4S. The lowest BCUT2D eigenvalue weighted by Gasteiger charge is -2.29. The van der Waals surface area contributed by atoms with Gasteiger partial charge < -0.3 is 15.0 Å². The van der Waals surface area contributed by atoms with Crippen LogP contribution in [0.1, 0.15) is 6.42 Å². The highest BCUT2D eigenvalue weighted by atomic mass is 32.2. The van der Waals surface area contributed by atoms with Crippen molar-refractivity contribution in [2.24, 2.45) is 0 Å². The Hall–Kier alpha value is -1.48. The predicted octanol–water partition coefficient (Wildman–Crippen LogP) is -0.102. The molecule has 132 valence electrons. The molecule has 0 bridgehead atoms. The monoisotopic (exact) mass is 353 g/mol. The van der Waals surface area contributed by atoms with Crippen molar-refractivity contribution in [1.82, 2.24) is 14.5 Å². The lowest BCUT2D eigenvalue weighted by atomic mass is 10.2. The van der Waals surface area contributed by atoms with Gasteiger partial charge in [-0.15, -0.1) is 0 Å². The Morgan fingerprint density at radius 1 is 1.12 bits per heavy atom.